The van der Waals surface area contributed by atoms with E-state index in [1.54, 1.807) is 6.07 Å². The highest BCUT2D eigenvalue weighted by Gasteiger charge is 2.18. The highest BCUT2D eigenvalue weighted by Crippen LogP contribution is 2.28. The van der Waals surface area contributed by atoms with E-state index in [2.05, 4.69) is 20.7 Å². The first-order chi connectivity index (χ1) is 6.50. The summed E-state index contributed by atoms with van der Waals surface area (Å²) in [5.74, 6) is -1.71. The highest BCUT2D eigenvalue weighted by molar-refractivity contribution is 9.10. The number of aliphatic carboxylic acids is 1. The van der Waals surface area contributed by atoms with E-state index in [-0.39, 0.29) is 10.8 Å². The molecule has 6 heteroatoms. The van der Waals surface area contributed by atoms with Crippen molar-refractivity contribution in [2.75, 3.05) is 0 Å². The van der Waals surface area contributed by atoms with E-state index < -0.39 is 12.3 Å². The summed E-state index contributed by atoms with van der Waals surface area (Å²) in [6.45, 7) is 0. The molecule has 0 aliphatic heterocycles. The number of benzene rings is 1. The van der Waals surface area contributed by atoms with E-state index in [0.717, 1.165) is 0 Å². The third-order valence-electron chi connectivity index (χ3n) is 1.32. The second-order valence-electron chi connectivity index (χ2n) is 2.35. The van der Waals surface area contributed by atoms with Crippen molar-refractivity contribution in [1.29, 1.82) is 0 Å². The Balaban J connectivity index is 2.85. The SMILES string of the molecule is O=C(O)C(F)Oc1cc(Br)ccc1Cl. The van der Waals surface area contributed by atoms with Crippen molar-refractivity contribution < 1.29 is 19.0 Å². The van der Waals surface area contributed by atoms with Gasteiger partial charge in [-0.05, 0) is 18.2 Å². The molecule has 1 aromatic carbocycles. The first-order valence-electron chi connectivity index (χ1n) is 3.49. The van der Waals surface area contributed by atoms with E-state index in [9.17, 15) is 9.18 Å². The standard InChI is InChI=1S/C8H5BrClFO3/c9-4-1-2-5(10)6(3-4)14-7(11)8(12)13/h1-3,7H,(H,12,13). The largest absolute Gasteiger partial charge is 0.476 e. The first-order valence-corrected chi connectivity index (χ1v) is 4.66. The molecule has 0 amide bonds. The number of ether oxygens (including phenoxy) is 1. The highest BCUT2D eigenvalue weighted by atomic mass is 79.9. The summed E-state index contributed by atoms with van der Waals surface area (Å²) in [6, 6.07) is 4.48. The molecule has 1 aromatic rings. The summed E-state index contributed by atoms with van der Waals surface area (Å²) in [4.78, 5) is 10.1. The van der Waals surface area contributed by atoms with Crippen LogP contribution in [0.2, 0.25) is 5.02 Å². The predicted molar refractivity (Wildman–Crippen MR) is 52.3 cm³/mol. The summed E-state index contributed by atoms with van der Waals surface area (Å²) < 4.78 is 17.7. The van der Waals surface area contributed by atoms with Gasteiger partial charge in [-0.1, -0.05) is 27.5 Å². The van der Waals surface area contributed by atoms with Gasteiger partial charge < -0.3 is 9.84 Å². The van der Waals surface area contributed by atoms with Crippen LogP contribution in [0.3, 0.4) is 0 Å². The molecule has 14 heavy (non-hydrogen) atoms. The molecule has 1 unspecified atom stereocenters. The van der Waals surface area contributed by atoms with Crippen molar-refractivity contribution in [2.45, 2.75) is 6.36 Å². The minimum Gasteiger partial charge on any atom is -0.476 e. The van der Waals surface area contributed by atoms with Gasteiger partial charge in [0.15, 0.2) is 0 Å². The second kappa shape index (κ2) is 4.61. The third-order valence-corrected chi connectivity index (χ3v) is 2.12. The number of hydrogen-bond acceptors (Lipinski definition) is 2. The van der Waals surface area contributed by atoms with Crippen molar-refractivity contribution in [3.63, 3.8) is 0 Å². The molecule has 1 atom stereocenters. The van der Waals surface area contributed by atoms with E-state index in [1.807, 2.05) is 0 Å². The zero-order valence-electron chi connectivity index (χ0n) is 6.71. The monoisotopic (exact) mass is 282 g/mol. The molecule has 0 aliphatic carbocycles. The fourth-order valence-electron chi connectivity index (χ4n) is 0.729. The molecular weight excluding hydrogens is 278 g/mol. The van der Waals surface area contributed by atoms with Crippen LogP contribution < -0.4 is 4.74 Å². The minimum absolute atomic E-state index is 0.0176. The van der Waals surface area contributed by atoms with Crippen LogP contribution in [-0.4, -0.2) is 17.4 Å². The van der Waals surface area contributed by atoms with Crippen molar-refractivity contribution >= 4 is 33.5 Å². The van der Waals surface area contributed by atoms with Gasteiger partial charge in [0.2, 0.25) is 0 Å². The Morgan fingerprint density at radius 2 is 2.29 bits per heavy atom. The van der Waals surface area contributed by atoms with Gasteiger partial charge in [-0.2, -0.15) is 4.39 Å². The smallest absolute Gasteiger partial charge is 0.378 e. The number of hydrogen-bond donors (Lipinski definition) is 1. The molecule has 0 heterocycles. The lowest BCUT2D eigenvalue weighted by atomic mass is 10.3. The molecule has 0 aromatic heterocycles. The fourth-order valence-corrected chi connectivity index (χ4v) is 1.23. The van der Waals surface area contributed by atoms with E-state index in [0.29, 0.717) is 4.47 Å². The molecule has 1 N–H and O–H groups in total. The molecule has 1 rings (SSSR count). The van der Waals surface area contributed by atoms with Gasteiger partial charge in [0.1, 0.15) is 5.75 Å². The third kappa shape index (κ3) is 2.85. The van der Waals surface area contributed by atoms with Crippen LogP contribution in [-0.2, 0) is 4.79 Å². The lowest BCUT2D eigenvalue weighted by Crippen LogP contribution is -2.21. The molecule has 0 spiro atoms. The summed E-state index contributed by atoms with van der Waals surface area (Å²) >= 11 is 8.75. The molecule has 0 bridgehead atoms. The number of carboxylic acid groups (broad SMARTS) is 1. The van der Waals surface area contributed by atoms with Gasteiger partial charge in [-0.15, -0.1) is 0 Å². The zero-order valence-corrected chi connectivity index (χ0v) is 9.05. The van der Waals surface area contributed by atoms with Crippen molar-refractivity contribution in [3.05, 3.63) is 27.7 Å². The fraction of sp³-hybridized carbons (Fsp3) is 0.125. The van der Waals surface area contributed by atoms with Gasteiger partial charge in [-0.25, -0.2) is 4.79 Å². The summed E-state index contributed by atoms with van der Waals surface area (Å²) in [5.41, 5.74) is 0. The van der Waals surface area contributed by atoms with Crippen LogP contribution in [0, 0.1) is 0 Å². The molecular formula is C8H5BrClFO3. The topological polar surface area (TPSA) is 46.5 Å². The van der Waals surface area contributed by atoms with Gasteiger partial charge in [0.05, 0.1) is 5.02 Å². The maximum absolute atomic E-state index is 12.6. The normalized spacial score (nSPS) is 12.2. The number of carboxylic acids is 1. The first kappa shape index (κ1) is 11.3. The summed E-state index contributed by atoms with van der Waals surface area (Å²) in [5, 5.41) is 8.40. The second-order valence-corrected chi connectivity index (χ2v) is 3.67. The zero-order chi connectivity index (χ0) is 10.7. The van der Waals surface area contributed by atoms with Crippen LogP contribution in [0.15, 0.2) is 22.7 Å². The molecule has 0 fully saturated rings. The maximum atomic E-state index is 12.6. The summed E-state index contributed by atoms with van der Waals surface area (Å²) in [7, 11) is 0. The Kier molecular flexibility index (Phi) is 3.71. The van der Waals surface area contributed by atoms with Crippen LogP contribution in [0.5, 0.6) is 5.75 Å². The van der Waals surface area contributed by atoms with Crippen LogP contribution in [0.25, 0.3) is 0 Å². The Labute approximate surface area is 92.6 Å². The van der Waals surface area contributed by atoms with Crippen molar-refractivity contribution in [2.24, 2.45) is 0 Å². The molecule has 0 aliphatic rings. The number of halogens is 3. The maximum Gasteiger partial charge on any atom is 0.378 e. The van der Waals surface area contributed by atoms with E-state index in [4.69, 9.17) is 16.7 Å². The Morgan fingerprint density at radius 3 is 2.86 bits per heavy atom. The molecule has 0 saturated heterocycles. The average Bonchev–Trinajstić information content (AvgIpc) is 2.11. The molecule has 0 radical (unpaired) electrons. The average molecular weight is 283 g/mol. The van der Waals surface area contributed by atoms with Crippen LogP contribution in [0.4, 0.5) is 4.39 Å². The van der Waals surface area contributed by atoms with Gasteiger partial charge >= 0.3 is 12.3 Å². The summed E-state index contributed by atoms with van der Waals surface area (Å²) in [6.07, 6.45) is -2.42. The Morgan fingerprint density at radius 1 is 1.64 bits per heavy atom. The van der Waals surface area contributed by atoms with Crippen LogP contribution in [0.1, 0.15) is 0 Å². The lowest BCUT2D eigenvalue weighted by molar-refractivity contribution is -0.153. The molecule has 0 saturated carbocycles. The predicted octanol–water partition coefficient (Wildman–Crippen LogP) is 2.86. The van der Waals surface area contributed by atoms with E-state index >= 15 is 0 Å². The minimum atomic E-state index is -2.42. The Bertz CT molecular complexity index is 358. The van der Waals surface area contributed by atoms with Crippen molar-refractivity contribution in [3.8, 4) is 5.75 Å². The van der Waals surface area contributed by atoms with Gasteiger partial charge in [0, 0.05) is 4.47 Å². The molecule has 76 valence electrons. The number of carbonyl (C=O) groups is 1. The molecule has 3 nitrogen and oxygen atoms in total. The van der Waals surface area contributed by atoms with Crippen LogP contribution >= 0.6 is 27.5 Å². The quantitative estimate of drug-likeness (QED) is 0.928. The van der Waals surface area contributed by atoms with E-state index in [1.165, 1.54) is 12.1 Å². The number of alkyl halides is 1. The van der Waals surface area contributed by atoms with Crippen molar-refractivity contribution in [1.82, 2.24) is 0 Å². The number of rotatable bonds is 3. The van der Waals surface area contributed by atoms with Gasteiger partial charge in [0.25, 0.3) is 0 Å². The van der Waals surface area contributed by atoms with Gasteiger partial charge in [-0.3, -0.25) is 0 Å². The lowest BCUT2D eigenvalue weighted by Gasteiger charge is -2.08. The Hall–Kier alpha value is -0.810.